The highest BCUT2D eigenvalue weighted by Crippen LogP contribution is 2.40. The Morgan fingerprint density at radius 3 is 2.25 bits per heavy atom. The molecule has 0 aliphatic heterocycles. The number of rotatable bonds is 2. The number of Topliss-reactive ketones (excluding diaryl/α,β-unsaturated/α-hetero) is 2. The van der Waals surface area contributed by atoms with E-state index in [2.05, 4.69) is 10.2 Å². The molecule has 0 aromatic carbocycles. The Morgan fingerprint density at radius 2 is 1.80 bits per heavy atom. The summed E-state index contributed by atoms with van der Waals surface area (Å²) in [6, 6.07) is 0. The Morgan fingerprint density at radius 1 is 1.20 bits per heavy atom. The molecule has 20 heavy (non-hydrogen) atoms. The van der Waals surface area contributed by atoms with Crippen molar-refractivity contribution in [2.24, 2.45) is 5.92 Å². The molecule has 0 spiro atoms. The lowest BCUT2D eigenvalue weighted by Crippen LogP contribution is -2.27. The van der Waals surface area contributed by atoms with Gasteiger partial charge in [0.1, 0.15) is 5.76 Å². The van der Waals surface area contributed by atoms with Crippen LogP contribution < -0.4 is 0 Å². The Hall–Kier alpha value is -1.91. The van der Waals surface area contributed by atoms with Gasteiger partial charge < -0.3 is 5.11 Å². The molecule has 0 atom stereocenters. The standard InChI is InChI=1S/C15H18N2O3/c1-7-13(8(2)17-16-7)10-5-11(18)14(12(19)6-10)15(20)9-3-4-9/h9-10,20H,3-6H2,1-2H3,(H,16,17). The number of aliphatic hydroxyl groups excluding tert-OH is 1. The Balaban J connectivity index is 1.90. The third-order valence-electron chi connectivity index (χ3n) is 4.23. The van der Waals surface area contributed by atoms with Gasteiger partial charge in [-0.3, -0.25) is 14.7 Å². The van der Waals surface area contributed by atoms with E-state index in [1.807, 2.05) is 13.8 Å². The normalized spacial score (nSPS) is 23.3. The van der Waals surface area contributed by atoms with E-state index < -0.39 is 0 Å². The third kappa shape index (κ3) is 2.07. The molecule has 0 amide bonds. The maximum atomic E-state index is 12.2. The summed E-state index contributed by atoms with van der Waals surface area (Å²) in [6.07, 6.45) is 2.30. The lowest BCUT2D eigenvalue weighted by molar-refractivity contribution is -0.124. The number of hydrogen-bond acceptors (Lipinski definition) is 4. The fourth-order valence-electron chi connectivity index (χ4n) is 3.09. The highest BCUT2D eigenvalue weighted by molar-refractivity contribution is 6.22. The van der Waals surface area contributed by atoms with Crippen molar-refractivity contribution in [3.05, 3.63) is 28.3 Å². The van der Waals surface area contributed by atoms with E-state index in [9.17, 15) is 14.7 Å². The molecule has 3 rings (SSSR count). The summed E-state index contributed by atoms with van der Waals surface area (Å²) in [6.45, 7) is 3.78. The van der Waals surface area contributed by atoms with E-state index in [-0.39, 0.29) is 47.6 Å². The van der Waals surface area contributed by atoms with Gasteiger partial charge in [0.15, 0.2) is 11.6 Å². The molecule has 0 bridgehead atoms. The van der Waals surface area contributed by atoms with Crippen molar-refractivity contribution in [1.82, 2.24) is 10.2 Å². The van der Waals surface area contributed by atoms with Crippen LogP contribution in [0.25, 0.3) is 0 Å². The zero-order chi connectivity index (χ0) is 14.4. The first-order valence-corrected chi connectivity index (χ1v) is 7.00. The van der Waals surface area contributed by atoms with Crippen molar-refractivity contribution in [3.8, 4) is 0 Å². The van der Waals surface area contributed by atoms with Gasteiger partial charge in [-0.25, -0.2) is 0 Å². The minimum atomic E-state index is -0.226. The summed E-state index contributed by atoms with van der Waals surface area (Å²) in [4.78, 5) is 24.5. The first kappa shape index (κ1) is 13.1. The number of hydrogen-bond donors (Lipinski definition) is 2. The molecule has 1 aromatic heterocycles. The van der Waals surface area contributed by atoms with Crippen LogP contribution in [0.5, 0.6) is 0 Å². The summed E-state index contributed by atoms with van der Waals surface area (Å²) < 4.78 is 0. The van der Waals surface area contributed by atoms with Gasteiger partial charge in [0.25, 0.3) is 0 Å². The summed E-state index contributed by atoms with van der Waals surface area (Å²) in [5.41, 5.74) is 2.78. The van der Waals surface area contributed by atoms with Crippen LogP contribution in [-0.4, -0.2) is 26.9 Å². The fraction of sp³-hybridized carbons (Fsp3) is 0.533. The van der Waals surface area contributed by atoms with E-state index in [4.69, 9.17) is 0 Å². The van der Waals surface area contributed by atoms with Crippen LogP contribution in [0.1, 0.15) is 48.6 Å². The lowest BCUT2D eigenvalue weighted by Gasteiger charge is -2.23. The van der Waals surface area contributed by atoms with Crippen molar-refractivity contribution < 1.29 is 14.7 Å². The number of aromatic amines is 1. The van der Waals surface area contributed by atoms with Gasteiger partial charge in [0, 0.05) is 30.4 Å². The maximum Gasteiger partial charge on any atom is 0.170 e. The highest BCUT2D eigenvalue weighted by Gasteiger charge is 2.39. The number of aliphatic hydroxyl groups is 1. The predicted octanol–water partition coefficient (Wildman–Crippen LogP) is 2.26. The second-order valence-corrected chi connectivity index (χ2v) is 5.83. The molecule has 2 aliphatic rings. The zero-order valence-corrected chi connectivity index (χ0v) is 11.7. The molecule has 0 radical (unpaired) electrons. The van der Waals surface area contributed by atoms with Crippen LogP contribution in [0, 0.1) is 19.8 Å². The van der Waals surface area contributed by atoms with Gasteiger partial charge >= 0.3 is 0 Å². The molecule has 5 nitrogen and oxygen atoms in total. The molecule has 2 fully saturated rings. The quantitative estimate of drug-likeness (QED) is 0.492. The number of carbonyl (C=O) groups is 2. The first-order chi connectivity index (χ1) is 9.49. The van der Waals surface area contributed by atoms with Crippen LogP contribution in [0.2, 0.25) is 0 Å². The predicted molar refractivity (Wildman–Crippen MR) is 72.4 cm³/mol. The number of nitrogens with zero attached hydrogens (tertiary/aromatic N) is 1. The van der Waals surface area contributed by atoms with Gasteiger partial charge in [-0.15, -0.1) is 0 Å². The molecular formula is C15H18N2O3. The van der Waals surface area contributed by atoms with E-state index in [1.54, 1.807) is 0 Å². The molecule has 1 heterocycles. The monoisotopic (exact) mass is 274 g/mol. The molecule has 2 saturated carbocycles. The number of nitrogens with one attached hydrogen (secondary N) is 1. The van der Waals surface area contributed by atoms with E-state index >= 15 is 0 Å². The SMILES string of the molecule is Cc1n[nH]c(C)c1C1CC(=O)C(=C(O)C2CC2)C(=O)C1. The van der Waals surface area contributed by atoms with Gasteiger partial charge in [-0.05, 0) is 32.3 Å². The summed E-state index contributed by atoms with van der Waals surface area (Å²) in [5.74, 6) is -0.512. The Labute approximate surface area is 117 Å². The average molecular weight is 274 g/mol. The minimum absolute atomic E-state index is 0.0269. The molecule has 0 unspecified atom stereocenters. The highest BCUT2D eigenvalue weighted by atomic mass is 16.3. The topological polar surface area (TPSA) is 83.1 Å². The van der Waals surface area contributed by atoms with Crippen molar-refractivity contribution in [1.29, 1.82) is 0 Å². The molecule has 2 aliphatic carbocycles. The third-order valence-corrected chi connectivity index (χ3v) is 4.23. The summed E-state index contributed by atoms with van der Waals surface area (Å²) in [5, 5.41) is 17.0. The Kier molecular flexibility index (Phi) is 3.00. The average Bonchev–Trinajstić information content (AvgIpc) is 3.15. The second-order valence-electron chi connectivity index (χ2n) is 5.83. The molecule has 2 N–H and O–H groups in total. The Bertz CT molecular complexity index is 584. The van der Waals surface area contributed by atoms with Gasteiger partial charge in [0.05, 0.1) is 11.3 Å². The van der Waals surface area contributed by atoms with E-state index in [1.165, 1.54) is 0 Å². The maximum absolute atomic E-state index is 12.2. The number of carbonyl (C=O) groups excluding carboxylic acids is 2. The smallest absolute Gasteiger partial charge is 0.170 e. The number of aryl methyl sites for hydroxylation is 2. The van der Waals surface area contributed by atoms with Crippen molar-refractivity contribution in [2.45, 2.75) is 45.4 Å². The van der Waals surface area contributed by atoms with Crippen LogP contribution in [0.15, 0.2) is 11.3 Å². The van der Waals surface area contributed by atoms with Crippen molar-refractivity contribution in [2.75, 3.05) is 0 Å². The number of H-pyrrole nitrogens is 1. The summed E-state index contributed by atoms with van der Waals surface area (Å²) >= 11 is 0. The van der Waals surface area contributed by atoms with E-state index in [0.29, 0.717) is 0 Å². The minimum Gasteiger partial charge on any atom is -0.511 e. The van der Waals surface area contributed by atoms with E-state index in [0.717, 1.165) is 29.8 Å². The van der Waals surface area contributed by atoms with Crippen LogP contribution in [0.3, 0.4) is 0 Å². The molecule has 1 aromatic rings. The number of aromatic nitrogens is 2. The van der Waals surface area contributed by atoms with Gasteiger partial charge in [-0.1, -0.05) is 0 Å². The second kappa shape index (κ2) is 4.58. The number of allylic oxidation sites excluding steroid dienone is 2. The van der Waals surface area contributed by atoms with Crippen molar-refractivity contribution in [3.63, 3.8) is 0 Å². The first-order valence-electron chi connectivity index (χ1n) is 7.00. The van der Waals surface area contributed by atoms with Crippen LogP contribution in [0.4, 0.5) is 0 Å². The molecule has 0 saturated heterocycles. The molecular weight excluding hydrogens is 256 g/mol. The molecule has 106 valence electrons. The molecule has 5 heteroatoms. The summed E-state index contributed by atoms with van der Waals surface area (Å²) in [7, 11) is 0. The lowest BCUT2D eigenvalue weighted by atomic mass is 9.78. The van der Waals surface area contributed by atoms with Gasteiger partial charge in [0.2, 0.25) is 0 Å². The van der Waals surface area contributed by atoms with Crippen molar-refractivity contribution >= 4 is 11.6 Å². The van der Waals surface area contributed by atoms with Crippen LogP contribution in [-0.2, 0) is 9.59 Å². The fourth-order valence-corrected chi connectivity index (χ4v) is 3.09. The largest absolute Gasteiger partial charge is 0.511 e. The van der Waals surface area contributed by atoms with Gasteiger partial charge in [-0.2, -0.15) is 5.10 Å². The number of ketones is 2. The zero-order valence-electron chi connectivity index (χ0n) is 11.7. The van der Waals surface area contributed by atoms with Crippen LogP contribution >= 0.6 is 0 Å².